The molecule has 1 nitrogen and oxygen atoms in total. The van der Waals surface area contributed by atoms with Crippen LogP contribution in [0.1, 0.15) is 13.8 Å². The molecule has 1 rings (SSSR count). The average molecular weight is 271 g/mol. The lowest BCUT2D eigenvalue weighted by Crippen LogP contribution is -2.43. The van der Waals surface area contributed by atoms with Crippen LogP contribution < -0.4 is 0 Å². The van der Waals surface area contributed by atoms with Crippen molar-refractivity contribution in [2.75, 3.05) is 24.6 Å². The molecule has 10 heavy (non-hydrogen) atoms. The summed E-state index contributed by atoms with van der Waals surface area (Å²) in [6, 6.07) is 0. The number of hydrogen-bond donors (Lipinski definition) is 0. The van der Waals surface area contributed by atoms with E-state index in [0.717, 1.165) is 0 Å². The van der Waals surface area contributed by atoms with Gasteiger partial charge in [-0.05, 0) is 13.8 Å². The second-order valence-corrected chi connectivity index (χ2v) is 6.87. The Morgan fingerprint density at radius 1 is 1.30 bits per heavy atom. The van der Waals surface area contributed by atoms with E-state index in [1.54, 1.807) is 0 Å². The summed E-state index contributed by atoms with van der Waals surface area (Å²) in [5, 5.41) is 0. The summed E-state index contributed by atoms with van der Waals surface area (Å²) in [5.41, 5.74) is 0. The van der Waals surface area contributed by atoms with Crippen molar-refractivity contribution < 1.29 is 0 Å². The third-order valence-electron chi connectivity index (χ3n) is 1.76. The third kappa shape index (κ3) is 2.58. The summed E-state index contributed by atoms with van der Waals surface area (Å²) in [6.07, 6.45) is 0. The second kappa shape index (κ2) is 3.63. The minimum atomic E-state index is 0.360. The summed E-state index contributed by atoms with van der Waals surface area (Å²) in [7, 11) is 0. The molecule has 0 aliphatic carbocycles. The van der Waals surface area contributed by atoms with E-state index in [2.05, 4.69) is 53.1 Å². The number of hydrogen-bond acceptors (Lipinski definition) is 2. The zero-order valence-electron chi connectivity index (χ0n) is 6.56. The predicted octanol–water partition coefficient (Wildman–Crippen LogP) is 2.21. The Bertz CT molecular complexity index is 105. The number of rotatable bonds is 1. The molecule has 0 spiro atoms. The van der Waals surface area contributed by atoms with Gasteiger partial charge >= 0.3 is 0 Å². The molecule has 0 aromatic rings. The van der Waals surface area contributed by atoms with Gasteiger partial charge in [0.2, 0.25) is 0 Å². The van der Waals surface area contributed by atoms with E-state index in [1.807, 2.05) is 0 Å². The molecule has 60 valence electrons. The molecule has 1 saturated heterocycles. The van der Waals surface area contributed by atoms with Crippen molar-refractivity contribution in [3.8, 4) is 0 Å². The maximum absolute atomic E-state index is 2.55. The van der Waals surface area contributed by atoms with E-state index in [-0.39, 0.29) is 0 Å². The molecule has 0 N–H and O–H groups in total. The standard InChI is InChI=1S/C7H14INS/c1-7(2,8)9-3-5-10-6-4-9/h3-6H2,1-2H3. The molecular formula is C7H14INS. The van der Waals surface area contributed by atoms with Gasteiger partial charge in [-0.15, -0.1) is 0 Å². The number of nitrogens with zero attached hydrogens (tertiary/aromatic N) is 1. The second-order valence-electron chi connectivity index (χ2n) is 3.01. The Labute approximate surface area is 81.1 Å². The molecule has 1 heterocycles. The van der Waals surface area contributed by atoms with Crippen molar-refractivity contribution in [2.24, 2.45) is 0 Å². The first-order chi connectivity index (χ1) is 4.61. The van der Waals surface area contributed by atoms with Crippen LogP contribution in [-0.4, -0.2) is 33.0 Å². The van der Waals surface area contributed by atoms with Gasteiger partial charge in [-0.1, -0.05) is 22.6 Å². The minimum Gasteiger partial charge on any atom is -0.288 e. The highest BCUT2D eigenvalue weighted by Crippen LogP contribution is 2.25. The Balaban J connectivity index is 2.39. The van der Waals surface area contributed by atoms with Gasteiger partial charge in [-0.2, -0.15) is 11.8 Å². The Morgan fingerprint density at radius 3 is 2.10 bits per heavy atom. The van der Waals surface area contributed by atoms with Crippen LogP contribution in [0.5, 0.6) is 0 Å². The highest BCUT2D eigenvalue weighted by atomic mass is 127. The van der Waals surface area contributed by atoms with Gasteiger partial charge in [-0.25, -0.2) is 0 Å². The van der Waals surface area contributed by atoms with Crippen molar-refractivity contribution in [1.82, 2.24) is 4.90 Å². The molecule has 0 amide bonds. The van der Waals surface area contributed by atoms with Crippen LogP contribution in [0.15, 0.2) is 0 Å². The molecule has 0 aromatic carbocycles. The third-order valence-corrected chi connectivity index (χ3v) is 3.39. The fourth-order valence-corrected chi connectivity index (χ4v) is 2.48. The molecule has 1 aliphatic heterocycles. The Hall–Kier alpha value is 1.04. The van der Waals surface area contributed by atoms with Gasteiger partial charge in [0.1, 0.15) is 0 Å². The van der Waals surface area contributed by atoms with E-state index in [0.29, 0.717) is 3.55 Å². The van der Waals surface area contributed by atoms with E-state index in [1.165, 1.54) is 24.6 Å². The molecule has 0 bridgehead atoms. The fraction of sp³-hybridized carbons (Fsp3) is 1.00. The van der Waals surface area contributed by atoms with Crippen molar-refractivity contribution in [2.45, 2.75) is 17.4 Å². The number of alkyl halides is 1. The lowest BCUT2D eigenvalue weighted by atomic mass is 10.3. The number of halogens is 1. The van der Waals surface area contributed by atoms with E-state index in [4.69, 9.17) is 0 Å². The zero-order valence-corrected chi connectivity index (χ0v) is 9.54. The molecule has 0 radical (unpaired) electrons. The van der Waals surface area contributed by atoms with E-state index in [9.17, 15) is 0 Å². The lowest BCUT2D eigenvalue weighted by Gasteiger charge is -2.36. The van der Waals surface area contributed by atoms with Gasteiger partial charge in [0.05, 0.1) is 3.55 Å². The minimum absolute atomic E-state index is 0.360. The lowest BCUT2D eigenvalue weighted by molar-refractivity contribution is 0.232. The molecule has 0 atom stereocenters. The Kier molecular flexibility index (Phi) is 3.31. The molecule has 0 saturated carbocycles. The van der Waals surface area contributed by atoms with Crippen LogP contribution in [0.2, 0.25) is 0 Å². The van der Waals surface area contributed by atoms with E-state index < -0.39 is 0 Å². The first kappa shape index (κ1) is 9.13. The highest BCUT2D eigenvalue weighted by molar-refractivity contribution is 14.1. The van der Waals surface area contributed by atoms with Crippen molar-refractivity contribution in [1.29, 1.82) is 0 Å². The Morgan fingerprint density at radius 2 is 1.80 bits per heavy atom. The summed E-state index contributed by atoms with van der Waals surface area (Å²) in [6.45, 7) is 7.09. The molecule has 1 aliphatic rings. The highest BCUT2D eigenvalue weighted by Gasteiger charge is 2.24. The summed E-state index contributed by atoms with van der Waals surface area (Å²) >= 11 is 4.58. The predicted molar refractivity (Wildman–Crippen MR) is 57.0 cm³/mol. The van der Waals surface area contributed by atoms with Crippen LogP contribution in [0.3, 0.4) is 0 Å². The van der Waals surface area contributed by atoms with Gasteiger partial charge < -0.3 is 0 Å². The largest absolute Gasteiger partial charge is 0.288 e. The zero-order chi connectivity index (χ0) is 7.61. The SMILES string of the molecule is CC(C)(I)N1CCSCC1. The quantitative estimate of drug-likeness (QED) is 0.408. The van der Waals surface area contributed by atoms with Crippen molar-refractivity contribution in [3.05, 3.63) is 0 Å². The molecule has 3 heteroatoms. The van der Waals surface area contributed by atoms with Crippen LogP contribution >= 0.6 is 34.4 Å². The average Bonchev–Trinajstić information content (AvgIpc) is 1.88. The van der Waals surface area contributed by atoms with Gasteiger partial charge in [0.25, 0.3) is 0 Å². The van der Waals surface area contributed by atoms with Crippen LogP contribution in [-0.2, 0) is 0 Å². The molecular weight excluding hydrogens is 257 g/mol. The van der Waals surface area contributed by atoms with Gasteiger partial charge in [0, 0.05) is 24.6 Å². The number of thioether (sulfide) groups is 1. The maximum atomic E-state index is 2.55. The van der Waals surface area contributed by atoms with Crippen molar-refractivity contribution >= 4 is 34.4 Å². The maximum Gasteiger partial charge on any atom is 0.0673 e. The van der Waals surface area contributed by atoms with E-state index >= 15 is 0 Å². The van der Waals surface area contributed by atoms with Crippen LogP contribution in [0, 0.1) is 0 Å². The summed E-state index contributed by atoms with van der Waals surface area (Å²) < 4.78 is 0.360. The molecule has 1 fully saturated rings. The summed E-state index contributed by atoms with van der Waals surface area (Å²) in [4.78, 5) is 2.55. The van der Waals surface area contributed by atoms with Crippen molar-refractivity contribution in [3.63, 3.8) is 0 Å². The van der Waals surface area contributed by atoms with Crippen LogP contribution in [0.25, 0.3) is 0 Å². The molecule has 0 aromatic heterocycles. The first-order valence-corrected chi connectivity index (χ1v) is 5.86. The smallest absolute Gasteiger partial charge is 0.0673 e. The normalized spacial score (nSPS) is 23.1. The van der Waals surface area contributed by atoms with Gasteiger partial charge in [-0.3, -0.25) is 4.90 Å². The fourth-order valence-electron chi connectivity index (χ4n) is 1.10. The van der Waals surface area contributed by atoms with Crippen LogP contribution in [0.4, 0.5) is 0 Å². The topological polar surface area (TPSA) is 3.24 Å². The first-order valence-electron chi connectivity index (χ1n) is 3.62. The molecule has 0 unspecified atom stereocenters. The summed E-state index contributed by atoms with van der Waals surface area (Å²) in [5.74, 6) is 2.62. The van der Waals surface area contributed by atoms with Gasteiger partial charge in [0.15, 0.2) is 0 Å². The monoisotopic (exact) mass is 271 g/mol.